The number of benzene rings is 1. The van der Waals surface area contributed by atoms with E-state index in [1.165, 1.54) is 29.5 Å². The number of carbonyl (C=O) groups excluding carboxylic acids is 1. The normalized spacial score (nSPS) is 11.8. The lowest BCUT2D eigenvalue weighted by atomic mass is 9.94. The van der Waals surface area contributed by atoms with Gasteiger partial charge in [0.1, 0.15) is 11.7 Å². The topological polar surface area (TPSA) is 40.9 Å². The maximum Gasteiger partial charge on any atom is 0.194 e. The molecule has 0 bridgehead atoms. The van der Waals surface area contributed by atoms with Gasteiger partial charge in [0.25, 0.3) is 0 Å². The molecular formula is C13H7ClFNOS. The predicted molar refractivity (Wildman–Crippen MR) is 68.4 cm³/mol. The zero-order valence-electron chi connectivity index (χ0n) is 9.06. The van der Waals surface area contributed by atoms with E-state index in [2.05, 4.69) is 0 Å². The van der Waals surface area contributed by atoms with Crippen LogP contribution in [0.15, 0.2) is 35.7 Å². The number of rotatable bonds is 3. The van der Waals surface area contributed by atoms with Crippen LogP contribution in [0, 0.1) is 17.1 Å². The first-order chi connectivity index (χ1) is 8.65. The third-order valence-corrected chi connectivity index (χ3v) is 3.66. The molecule has 0 saturated heterocycles. The van der Waals surface area contributed by atoms with E-state index < -0.39 is 17.5 Å². The molecule has 0 spiro atoms. The Balaban J connectivity index is 2.47. The minimum atomic E-state index is -1.21. The van der Waals surface area contributed by atoms with E-state index in [0.717, 1.165) is 0 Å². The van der Waals surface area contributed by atoms with Crippen LogP contribution in [0.25, 0.3) is 0 Å². The lowest BCUT2D eigenvalue weighted by Crippen LogP contribution is -2.12. The highest BCUT2D eigenvalue weighted by atomic mass is 35.5. The number of carbonyl (C=O) groups is 1. The smallest absolute Gasteiger partial charge is 0.194 e. The highest BCUT2D eigenvalue weighted by molar-refractivity contribution is 7.12. The highest BCUT2D eigenvalue weighted by Crippen LogP contribution is 2.30. The van der Waals surface area contributed by atoms with Crippen LogP contribution >= 0.6 is 22.9 Å². The fourth-order valence-corrected chi connectivity index (χ4v) is 2.57. The van der Waals surface area contributed by atoms with Gasteiger partial charge in [-0.1, -0.05) is 23.7 Å². The summed E-state index contributed by atoms with van der Waals surface area (Å²) in [7, 11) is 0. The fourth-order valence-electron chi connectivity index (χ4n) is 1.60. The molecule has 1 aromatic carbocycles. The van der Waals surface area contributed by atoms with Crippen LogP contribution in [-0.4, -0.2) is 5.78 Å². The van der Waals surface area contributed by atoms with Crippen molar-refractivity contribution in [3.05, 3.63) is 57.0 Å². The Morgan fingerprint density at radius 2 is 2.17 bits per heavy atom. The second-order valence-corrected chi connectivity index (χ2v) is 4.89. The standard InChI is InChI=1S/C13H7ClFNOS/c14-9-3-1-4-10(15)12(9)8(7-16)13(17)11-5-2-6-18-11/h1-6,8H. The molecule has 0 aliphatic heterocycles. The lowest BCUT2D eigenvalue weighted by molar-refractivity contribution is 0.0981. The molecule has 0 amide bonds. The van der Waals surface area contributed by atoms with E-state index in [4.69, 9.17) is 16.9 Å². The molecule has 1 aromatic heterocycles. The quantitative estimate of drug-likeness (QED) is 0.796. The van der Waals surface area contributed by atoms with Crippen LogP contribution < -0.4 is 0 Å². The Morgan fingerprint density at radius 3 is 2.72 bits per heavy atom. The summed E-state index contributed by atoms with van der Waals surface area (Å²) in [6.07, 6.45) is 0. The lowest BCUT2D eigenvalue weighted by Gasteiger charge is -2.10. The largest absolute Gasteiger partial charge is 0.291 e. The van der Waals surface area contributed by atoms with Gasteiger partial charge in [0, 0.05) is 10.6 Å². The highest BCUT2D eigenvalue weighted by Gasteiger charge is 2.27. The van der Waals surface area contributed by atoms with Gasteiger partial charge in [0.05, 0.1) is 10.9 Å². The number of halogens is 2. The molecule has 0 aliphatic rings. The summed E-state index contributed by atoms with van der Waals surface area (Å²) in [6.45, 7) is 0. The molecule has 0 radical (unpaired) electrons. The monoisotopic (exact) mass is 279 g/mol. The first kappa shape index (κ1) is 12.7. The van der Waals surface area contributed by atoms with E-state index >= 15 is 0 Å². The zero-order valence-corrected chi connectivity index (χ0v) is 10.6. The number of Topliss-reactive ketones (excluding diaryl/α,β-unsaturated/α-hetero) is 1. The van der Waals surface area contributed by atoms with Gasteiger partial charge in [0.2, 0.25) is 0 Å². The molecule has 2 rings (SSSR count). The summed E-state index contributed by atoms with van der Waals surface area (Å²) in [5, 5.41) is 10.9. The SMILES string of the molecule is N#CC(C(=O)c1cccs1)c1c(F)cccc1Cl. The van der Waals surface area contributed by atoms with E-state index in [1.807, 2.05) is 6.07 Å². The molecule has 0 N–H and O–H groups in total. The van der Waals surface area contributed by atoms with Gasteiger partial charge >= 0.3 is 0 Å². The average molecular weight is 280 g/mol. The van der Waals surface area contributed by atoms with Gasteiger partial charge in [-0.05, 0) is 23.6 Å². The van der Waals surface area contributed by atoms with Gasteiger partial charge < -0.3 is 0 Å². The number of nitrogens with zero attached hydrogens (tertiary/aromatic N) is 1. The molecule has 1 atom stereocenters. The molecule has 2 aromatic rings. The van der Waals surface area contributed by atoms with Crippen molar-refractivity contribution in [3.8, 4) is 6.07 Å². The average Bonchev–Trinajstić information content (AvgIpc) is 2.87. The second kappa shape index (κ2) is 5.30. The zero-order chi connectivity index (χ0) is 13.1. The van der Waals surface area contributed by atoms with Crippen LogP contribution in [0.3, 0.4) is 0 Å². The minimum Gasteiger partial charge on any atom is -0.291 e. The van der Waals surface area contributed by atoms with Crippen LogP contribution in [0.1, 0.15) is 21.2 Å². The van der Waals surface area contributed by atoms with Crippen molar-refractivity contribution in [2.24, 2.45) is 0 Å². The van der Waals surface area contributed by atoms with Gasteiger partial charge in [-0.3, -0.25) is 4.79 Å². The van der Waals surface area contributed by atoms with Crippen molar-refractivity contribution in [3.63, 3.8) is 0 Å². The number of thiophene rings is 1. The molecule has 1 unspecified atom stereocenters. The summed E-state index contributed by atoms with van der Waals surface area (Å²) in [5.41, 5.74) is -0.0555. The Morgan fingerprint density at radius 1 is 1.39 bits per heavy atom. The third kappa shape index (κ3) is 2.28. The molecule has 5 heteroatoms. The maximum atomic E-state index is 13.7. The molecule has 18 heavy (non-hydrogen) atoms. The number of ketones is 1. The fraction of sp³-hybridized carbons (Fsp3) is 0.0769. The van der Waals surface area contributed by atoms with E-state index in [9.17, 15) is 9.18 Å². The van der Waals surface area contributed by atoms with E-state index in [0.29, 0.717) is 4.88 Å². The van der Waals surface area contributed by atoms with Gasteiger partial charge in [0.15, 0.2) is 5.78 Å². The molecule has 0 fully saturated rings. The number of hydrogen-bond donors (Lipinski definition) is 0. The maximum absolute atomic E-state index is 13.7. The van der Waals surface area contributed by atoms with Crippen LogP contribution in [-0.2, 0) is 0 Å². The summed E-state index contributed by atoms with van der Waals surface area (Å²) in [5.74, 6) is -2.28. The predicted octanol–water partition coefficient (Wildman–Crippen LogP) is 4.03. The van der Waals surface area contributed by atoms with Gasteiger partial charge in [-0.25, -0.2) is 4.39 Å². The third-order valence-electron chi connectivity index (χ3n) is 2.44. The number of nitriles is 1. The summed E-state index contributed by atoms with van der Waals surface area (Å²) in [4.78, 5) is 12.5. The van der Waals surface area contributed by atoms with Crippen LogP contribution in [0.5, 0.6) is 0 Å². The Labute approximate surface area is 112 Å². The van der Waals surface area contributed by atoms with Crippen molar-refractivity contribution >= 4 is 28.7 Å². The summed E-state index contributed by atoms with van der Waals surface area (Å²) in [6, 6.07) is 9.22. The minimum absolute atomic E-state index is 0.0555. The molecule has 90 valence electrons. The summed E-state index contributed by atoms with van der Waals surface area (Å²) >= 11 is 7.08. The number of hydrogen-bond acceptors (Lipinski definition) is 3. The first-order valence-corrected chi connectivity index (χ1v) is 6.32. The van der Waals surface area contributed by atoms with Crippen LogP contribution in [0.4, 0.5) is 4.39 Å². The van der Waals surface area contributed by atoms with Crippen LogP contribution in [0.2, 0.25) is 5.02 Å². The Hall–Kier alpha value is -1.70. The molecular weight excluding hydrogens is 273 g/mol. The van der Waals surface area contributed by atoms with E-state index in [1.54, 1.807) is 17.5 Å². The van der Waals surface area contributed by atoms with Crippen molar-refractivity contribution < 1.29 is 9.18 Å². The van der Waals surface area contributed by atoms with Gasteiger partial charge in [-0.2, -0.15) is 5.26 Å². The van der Waals surface area contributed by atoms with Crippen molar-refractivity contribution in [1.82, 2.24) is 0 Å². The van der Waals surface area contributed by atoms with Gasteiger partial charge in [-0.15, -0.1) is 11.3 Å². The van der Waals surface area contributed by atoms with E-state index in [-0.39, 0.29) is 10.6 Å². The molecule has 0 saturated carbocycles. The summed E-state index contributed by atoms with van der Waals surface area (Å²) < 4.78 is 13.7. The first-order valence-electron chi connectivity index (χ1n) is 5.06. The second-order valence-electron chi connectivity index (χ2n) is 3.54. The molecule has 1 heterocycles. The van der Waals surface area contributed by atoms with Crippen molar-refractivity contribution in [2.75, 3.05) is 0 Å². The Kier molecular flexibility index (Phi) is 3.75. The van der Waals surface area contributed by atoms with Crippen molar-refractivity contribution in [2.45, 2.75) is 5.92 Å². The van der Waals surface area contributed by atoms with Crippen molar-refractivity contribution in [1.29, 1.82) is 5.26 Å². The molecule has 2 nitrogen and oxygen atoms in total. The molecule has 0 aliphatic carbocycles. The Bertz CT molecular complexity index is 598.